The monoisotopic (exact) mass is 284 g/mol. The number of hydrogen-bond acceptors (Lipinski definition) is 4. The Kier molecular flexibility index (Phi) is 4.76. The summed E-state index contributed by atoms with van der Waals surface area (Å²) in [7, 11) is 0. The Hall–Kier alpha value is -3.02. The van der Waals surface area contributed by atoms with Crippen molar-refractivity contribution in [2.75, 3.05) is 0 Å². The highest BCUT2D eigenvalue weighted by molar-refractivity contribution is 5.76. The van der Waals surface area contributed by atoms with E-state index in [1.807, 2.05) is 6.07 Å². The first-order valence-corrected chi connectivity index (χ1v) is 6.11. The van der Waals surface area contributed by atoms with E-state index in [0.717, 1.165) is 5.56 Å². The Balaban J connectivity index is 1.90. The zero-order valence-electron chi connectivity index (χ0n) is 11.2. The number of carbonyl (C=O) groups is 2. The van der Waals surface area contributed by atoms with Crippen LogP contribution in [0.5, 0.6) is 11.5 Å². The van der Waals surface area contributed by atoms with E-state index in [-0.39, 0.29) is 0 Å². The summed E-state index contributed by atoms with van der Waals surface area (Å²) >= 11 is 0. The van der Waals surface area contributed by atoms with E-state index in [9.17, 15) is 9.59 Å². The molecule has 0 fully saturated rings. The maximum absolute atomic E-state index is 11.4. The average Bonchev–Trinajstić information content (AvgIpc) is 2.49. The third kappa shape index (κ3) is 4.54. The Morgan fingerprint density at radius 2 is 1.38 bits per heavy atom. The Bertz CT molecular complexity index is 668. The molecule has 0 aromatic heterocycles. The minimum absolute atomic E-state index is 0.314. The van der Waals surface area contributed by atoms with Gasteiger partial charge in [-0.25, -0.2) is 9.59 Å². The molecule has 106 valence electrons. The number of benzene rings is 2. The molecule has 0 aliphatic rings. The molecule has 6 nitrogen and oxygen atoms in total. The smallest absolute Gasteiger partial charge is 0.408 e. The van der Waals surface area contributed by atoms with Crippen molar-refractivity contribution in [3.63, 3.8) is 0 Å². The van der Waals surface area contributed by atoms with Crippen LogP contribution in [0.25, 0.3) is 0 Å². The number of hydrogen-bond donors (Lipinski definition) is 0. The molecule has 0 saturated heterocycles. The summed E-state index contributed by atoms with van der Waals surface area (Å²) in [4.78, 5) is 22.8. The fourth-order valence-corrected chi connectivity index (χ4v) is 1.48. The van der Waals surface area contributed by atoms with E-state index in [4.69, 9.17) is 9.47 Å². The van der Waals surface area contributed by atoms with Gasteiger partial charge >= 0.3 is 12.2 Å². The molecule has 2 aromatic carbocycles. The molecule has 0 saturated carbocycles. The van der Waals surface area contributed by atoms with Gasteiger partial charge in [-0.2, -0.15) is 0 Å². The molecule has 0 bridgehead atoms. The molecule has 0 N–H and O–H groups in total. The first-order valence-electron chi connectivity index (χ1n) is 6.11. The lowest BCUT2D eigenvalue weighted by Crippen LogP contribution is -2.06. The minimum Gasteiger partial charge on any atom is -0.408 e. The highest BCUT2D eigenvalue weighted by Gasteiger charge is 2.07. The normalized spacial score (nSPS) is 10.3. The fourth-order valence-electron chi connectivity index (χ4n) is 1.48. The molecule has 0 spiro atoms. The molecule has 21 heavy (non-hydrogen) atoms. The van der Waals surface area contributed by atoms with Crippen molar-refractivity contribution in [3.05, 3.63) is 60.2 Å². The quantitative estimate of drug-likeness (QED) is 0.776. The Morgan fingerprint density at radius 1 is 0.810 bits per heavy atom. The van der Waals surface area contributed by atoms with Crippen LogP contribution in [0.15, 0.2) is 64.8 Å². The van der Waals surface area contributed by atoms with Crippen molar-refractivity contribution in [2.45, 2.75) is 6.92 Å². The second-order valence-electron chi connectivity index (χ2n) is 4.01. The van der Waals surface area contributed by atoms with Crippen molar-refractivity contribution in [1.82, 2.24) is 0 Å². The molecule has 6 heteroatoms. The molecule has 0 radical (unpaired) electrons. The molecular formula is C15H12N2O4. The molecule has 0 aliphatic heterocycles. The van der Waals surface area contributed by atoms with Crippen molar-refractivity contribution in [2.24, 2.45) is 10.2 Å². The highest BCUT2D eigenvalue weighted by atomic mass is 16.6. The van der Waals surface area contributed by atoms with Crippen molar-refractivity contribution in [1.29, 1.82) is 0 Å². The summed E-state index contributed by atoms with van der Waals surface area (Å²) < 4.78 is 9.77. The zero-order chi connectivity index (χ0) is 15.1. The number of nitrogens with zero attached hydrogens (tertiary/aromatic N) is 2. The Labute approximate surface area is 121 Å². The summed E-state index contributed by atoms with van der Waals surface area (Å²) in [6.45, 7) is 1.78. The summed E-state index contributed by atoms with van der Waals surface area (Å²) in [5.41, 5.74) is 0.771. The first-order chi connectivity index (χ1) is 10.1. The lowest BCUT2D eigenvalue weighted by Gasteiger charge is -2.02. The predicted molar refractivity (Wildman–Crippen MR) is 74.5 cm³/mol. The van der Waals surface area contributed by atoms with Crippen LogP contribution < -0.4 is 9.47 Å². The fraction of sp³-hybridized carbons (Fsp3) is 0.0667. The molecule has 0 unspecified atom stereocenters. The molecule has 2 amide bonds. The van der Waals surface area contributed by atoms with Gasteiger partial charge in [-0.05, 0) is 30.7 Å². The van der Waals surface area contributed by atoms with Crippen molar-refractivity contribution >= 4 is 12.2 Å². The first kappa shape index (κ1) is 14.4. The maximum Gasteiger partial charge on any atom is 0.458 e. The van der Waals surface area contributed by atoms with E-state index < -0.39 is 12.2 Å². The zero-order valence-corrected chi connectivity index (χ0v) is 11.2. The highest BCUT2D eigenvalue weighted by Crippen LogP contribution is 2.16. The lowest BCUT2D eigenvalue weighted by atomic mass is 10.2. The van der Waals surface area contributed by atoms with Crippen LogP contribution in [-0.2, 0) is 0 Å². The number of rotatable bonds is 2. The predicted octanol–water partition coefficient (Wildman–Crippen LogP) is 4.15. The largest absolute Gasteiger partial charge is 0.458 e. The minimum atomic E-state index is -0.997. The summed E-state index contributed by atoms with van der Waals surface area (Å²) in [6.07, 6.45) is -1.99. The van der Waals surface area contributed by atoms with Gasteiger partial charge in [0.15, 0.2) is 0 Å². The third-order valence-corrected chi connectivity index (χ3v) is 2.45. The third-order valence-electron chi connectivity index (χ3n) is 2.45. The van der Waals surface area contributed by atoms with Gasteiger partial charge < -0.3 is 9.47 Å². The molecule has 0 atom stereocenters. The number of azo groups is 1. The average molecular weight is 284 g/mol. The molecule has 0 aliphatic carbocycles. The molecule has 2 aromatic rings. The summed E-state index contributed by atoms with van der Waals surface area (Å²) in [6, 6.07) is 15.3. The van der Waals surface area contributed by atoms with Gasteiger partial charge in [0.1, 0.15) is 11.5 Å². The van der Waals surface area contributed by atoms with E-state index in [1.165, 1.54) is 0 Å². The van der Waals surface area contributed by atoms with Crippen LogP contribution in [0.2, 0.25) is 0 Å². The van der Waals surface area contributed by atoms with Gasteiger partial charge in [0, 0.05) is 0 Å². The maximum atomic E-state index is 11.4. The lowest BCUT2D eigenvalue weighted by molar-refractivity contribution is 0.200. The van der Waals surface area contributed by atoms with E-state index in [0.29, 0.717) is 11.5 Å². The van der Waals surface area contributed by atoms with Crippen LogP contribution in [0.3, 0.4) is 0 Å². The second-order valence-corrected chi connectivity index (χ2v) is 4.01. The van der Waals surface area contributed by atoms with Gasteiger partial charge in [0.05, 0.1) is 0 Å². The molecule has 2 rings (SSSR count). The summed E-state index contributed by atoms with van der Waals surface area (Å²) in [5.74, 6) is 0.673. The molecule has 0 heterocycles. The summed E-state index contributed by atoms with van der Waals surface area (Å²) in [5, 5.41) is 6.28. The number of carbonyl (C=O) groups excluding carboxylic acids is 2. The van der Waals surface area contributed by atoms with Crippen LogP contribution in [0.4, 0.5) is 9.59 Å². The van der Waals surface area contributed by atoms with Crippen molar-refractivity contribution in [3.8, 4) is 11.5 Å². The van der Waals surface area contributed by atoms with E-state index in [2.05, 4.69) is 10.2 Å². The van der Waals surface area contributed by atoms with Crippen LogP contribution in [0.1, 0.15) is 5.56 Å². The van der Waals surface area contributed by atoms with Gasteiger partial charge in [-0.3, -0.25) is 0 Å². The van der Waals surface area contributed by atoms with Gasteiger partial charge in [0.25, 0.3) is 0 Å². The van der Waals surface area contributed by atoms with E-state index in [1.54, 1.807) is 55.5 Å². The van der Waals surface area contributed by atoms with Crippen LogP contribution in [-0.4, -0.2) is 12.2 Å². The van der Waals surface area contributed by atoms with Crippen LogP contribution >= 0.6 is 0 Å². The number of aryl methyl sites for hydroxylation is 1. The van der Waals surface area contributed by atoms with Gasteiger partial charge in [-0.1, -0.05) is 46.6 Å². The van der Waals surface area contributed by atoms with Crippen LogP contribution in [0, 0.1) is 6.92 Å². The number of amides is 2. The van der Waals surface area contributed by atoms with Crippen molar-refractivity contribution < 1.29 is 19.1 Å². The number of para-hydroxylation sites is 2. The Morgan fingerprint density at radius 3 is 2.05 bits per heavy atom. The van der Waals surface area contributed by atoms with Gasteiger partial charge in [0.2, 0.25) is 0 Å². The SMILES string of the molecule is Cc1ccccc1OC(=O)/N=N/C(=O)Oc1ccccc1. The number of ether oxygens (including phenoxy) is 2. The molecular weight excluding hydrogens is 272 g/mol. The topological polar surface area (TPSA) is 77.3 Å². The van der Waals surface area contributed by atoms with E-state index >= 15 is 0 Å². The standard InChI is InChI=1S/C15H12N2O4/c1-11-7-5-6-10-13(11)21-15(19)17-16-14(18)20-12-8-3-2-4-9-12/h2-10H,1H3/b17-16+. The van der Waals surface area contributed by atoms with Gasteiger partial charge in [-0.15, -0.1) is 0 Å². The second kappa shape index (κ2) is 6.95.